The first kappa shape index (κ1) is 14.9. The minimum Gasteiger partial charge on any atom is -0.506 e. The molecule has 1 saturated heterocycles. The predicted octanol–water partition coefficient (Wildman–Crippen LogP) is 3.83. The van der Waals surface area contributed by atoms with Crippen molar-refractivity contribution >= 4 is 11.6 Å². The standard InChI is InChI=1S/C18H23NO3/c1-11(2)12-7-8-14-13(10-12)16(17(21)18(3,4)22-14)19-9-5-6-15(19)20/h7-8,10-11,21H,5-6,9H2,1-4H3. The van der Waals surface area contributed by atoms with E-state index < -0.39 is 5.60 Å². The summed E-state index contributed by atoms with van der Waals surface area (Å²) in [5.41, 5.74) is 1.78. The summed E-state index contributed by atoms with van der Waals surface area (Å²) in [4.78, 5) is 13.9. The van der Waals surface area contributed by atoms with Crippen LogP contribution in [0.4, 0.5) is 0 Å². The number of amides is 1. The summed E-state index contributed by atoms with van der Waals surface area (Å²) < 4.78 is 5.95. The zero-order valence-electron chi connectivity index (χ0n) is 13.6. The molecule has 22 heavy (non-hydrogen) atoms. The first-order valence-electron chi connectivity index (χ1n) is 7.88. The third-order valence-corrected chi connectivity index (χ3v) is 4.43. The van der Waals surface area contributed by atoms with Crippen LogP contribution in [0.25, 0.3) is 5.70 Å². The molecule has 1 aromatic rings. The van der Waals surface area contributed by atoms with Crippen LogP contribution in [0.15, 0.2) is 24.0 Å². The molecule has 1 amide bonds. The Morgan fingerprint density at radius 1 is 1.32 bits per heavy atom. The van der Waals surface area contributed by atoms with Crippen LogP contribution in [0.3, 0.4) is 0 Å². The number of carbonyl (C=O) groups excluding carboxylic acids is 1. The molecule has 0 spiro atoms. The molecule has 1 fully saturated rings. The van der Waals surface area contributed by atoms with Crippen molar-refractivity contribution in [3.63, 3.8) is 0 Å². The van der Waals surface area contributed by atoms with Crippen molar-refractivity contribution in [3.8, 4) is 5.75 Å². The zero-order chi connectivity index (χ0) is 16.1. The van der Waals surface area contributed by atoms with Crippen molar-refractivity contribution in [2.75, 3.05) is 6.54 Å². The van der Waals surface area contributed by atoms with Crippen LogP contribution in [0.5, 0.6) is 5.75 Å². The van der Waals surface area contributed by atoms with Crippen molar-refractivity contribution in [1.29, 1.82) is 0 Å². The third kappa shape index (κ3) is 2.27. The molecule has 4 heteroatoms. The Balaban J connectivity index is 2.19. The molecule has 0 aromatic heterocycles. The van der Waals surface area contributed by atoms with E-state index in [1.54, 1.807) is 4.90 Å². The van der Waals surface area contributed by atoms with Gasteiger partial charge in [-0.25, -0.2) is 0 Å². The molecule has 0 aliphatic carbocycles. The molecule has 2 heterocycles. The fourth-order valence-corrected chi connectivity index (χ4v) is 3.07. The van der Waals surface area contributed by atoms with Crippen molar-refractivity contribution < 1.29 is 14.6 Å². The van der Waals surface area contributed by atoms with Gasteiger partial charge in [-0.2, -0.15) is 0 Å². The highest BCUT2D eigenvalue weighted by Crippen LogP contribution is 2.43. The predicted molar refractivity (Wildman–Crippen MR) is 85.7 cm³/mol. The Bertz CT molecular complexity index is 658. The Labute approximate surface area is 131 Å². The van der Waals surface area contributed by atoms with E-state index in [2.05, 4.69) is 13.8 Å². The molecule has 2 aliphatic heterocycles. The van der Waals surface area contributed by atoms with Crippen LogP contribution < -0.4 is 4.74 Å². The second kappa shape index (κ2) is 5.04. The smallest absolute Gasteiger partial charge is 0.227 e. The number of fused-ring (bicyclic) bond motifs is 1. The molecule has 118 valence electrons. The monoisotopic (exact) mass is 301 g/mol. The molecular formula is C18H23NO3. The lowest BCUT2D eigenvalue weighted by Crippen LogP contribution is -2.39. The number of hydrogen-bond acceptors (Lipinski definition) is 3. The van der Waals surface area contributed by atoms with Crippen LogP contribution >= 0.6 is 0 Å². The van der Waals surface area contributed by atoms with Gasteiger partial charge in [0, 0.05) is 18.5 Å². The molecule has 0 radical (unpaired) electrons. The number of benzene rings is 1. The third-order valence-electron chi connectivity index (χ3n) is 4.43. The maximum Gasteiger partial charge on any atom is 0.227 e. The second-order valence-electron chi connectivity index (χ2n) is 6.87. The highest BCUT2D eigenvalue weighted by atomic mass is 16.5. The molecule has 2 aliphatic rings. The summed E-state index contributed by atoms with van der Waals surface area (Å²) in [6.07, 6.45) is 1.37. The van der Waals surface area contributed by atoms with Crippen LogP contribution in [0.1, 0.15) is 57.6 Å². The minimum atomic E-state index is -0.829. The number of ether oxygens (including phenoxy) is 1. The molecule has 1 N–H and O–H groups in total. The van der Waals surface area contributed by atoms with E-state index in [1.165, 1.54) is 5.56 Å². The Morgan fingerprint density at radius 3 is 2.64 bits per heavy atom. The number of carbonyl (C=O) groups is 1. The second-order valence-corrected chi connectivity index (χ2v) is 6.87. The highest BCUT2D eigenvalue weighted by molar-refractivity contribution is 5.91. The first-order chi connectivity index (χ1) is 10.3. The van der Waals surface area contributed by atoms with Gasteiger partial charge < -0.3 is 14.7 Å². The average Bonchev–Trinajstić information content (AvgIpc) is 2.85. The maximum absolute atomic E-state index is 12.2. The average molecular weight is 301 g/mol. The molecule has 0 saturated carbocycles. The van der Waals surface area contributed by atoms with Gasteiger partial charge in [0.05, 0.1) is 5.70 Å². The highest BCUT2D eigenvalue weighted by Gasteiger charge is 2.40. The zero-order valence-corrected chi connectivity index (χ0v) is 13.6. The molecule has 4 nitrogen and oxygen atoms in total. The van der Waals surface area contributed by atoms with Crippen LogP contribution in [0.2, 0.25) is 0 Å². The van der Waals surface area contributed by atoms with Gasteiger partial charge in [-0.3, -0.25) is 4.79 Å². The van der Waals surface area contributed by atoms with Gasteiger partial charge in [0.1, 0.15) is 5.75 Å². The van der Waals surface area contributed by atoms with Gasteiger partial charge in [0.2, 0.25) is 5.91 Å². The van der Waals surface area contributed by atoms with Gasteiger partial charge in [0.15, 0.2) is 11.4 Å². The topological polar surface area (TPSA) is 49.8 Å². The van der Waals surface area contributed by atoms with Crippen LogP contribution in [0, 0.1) is 0 Å². The largest absolute Gasteiger partial charge is 0.506 e. The van der Waals surface area contributed by atoms with E-state index >= 15 is 0 Å². The number of likely N-dealkylation sites (tertiary alicyclic amines) is 1. The molecule has 1 aromatic carbocycles. The van der Waals surface area contributed by atoms with Gasteiger partial charge in [-0.1, -0.05) is 19.9 Å². The molecule has 0 atom stereocenters. The number of rotatable bonds is 2. The quantitative estimate of drug-likeness (QED) is 0.903. The van der Waals surface area contributed by atoms with E-state index in [0.29, 0.717) is 24.6 Å². The number of hydrogen-bond donors (Lipinski definition) is 1. The van der Waals surface area contributed by atoms with E-state index in [9.17, 15) is 9.90 Å². The van der Waals surface area contributed by atoms with E-state index in [1.807, 2.05) is 32.0 Å². The van der Waals surface area contributed by atoms with Gasteiger partial charge in [-0.05, 0) is 43.9 Å². The van der Waals surface area contributed by atoms with E-state index in [-0.39, 0.29) is 11.7 Å². The van der Waals surface area contributed by atoms with E-state index in [4.69, 9.17) is 4.74 Å². The van der Waals surface area contributed by atoms with Crippen molar-refractivity contribution in [2.45, 2.75) is 52.1 Å². The summed E-state index contributed by atoms with van der Waals surface area (Å²) in [7, 11) is 0. The molecule has 0 unspecified atom stereocenters. The summed E-state index contributed by atoms with van der Waals surface area (Å²) in [5.74, 6) is 1.30. The van der Waals surface area contributed by atoms with Gasteiger partial charge in [0.25, 0.3) is 0 Å². The van der Waals surface area contributed by atoms with Crippen molar-refractivity contribution in [1.82, 2.24) is 4.90 Å². The number of aliphatic hydroxyl groups excluding tert-OH is 1. The van der Waals surface area contributed by atoms with Crippen LogP contribution in [-0.2, 0) is 4.79 Å². The number of aliphatic hydroxyl groups is 1. The number of nitrogens with zero attached hydrogens (tertiary/aromatic N) is 1. The van der Waals surface area contributed by atoms with E-state index in [0.717, 1.165) is 17.7 Å². The normalized spacial score (nSPS) is 20.4. The first-order valence-corrected chi connectivity index (χ1v) is 7.88. The van der Waals surface area contributed by atoms with Crippen molar-refractivity contribution in [2.24, 2.45) is 0 Å². The summed E-state index contributed by atoms with van der Waals surface area (Å²) in [6, 6.07) is 6.02. The Hall–Kier alpha value is -1.97. The Morgan fingerprint density at radius 2 is 2.05 bits per heavy atom. The van der Waals surface area contributed by atoms with Gasteiger partial charge >= 0.3 is 0 Å². The lowest BCUT2D eigenvalue weighted by Gasteiger charge is -2.36. The molecular weight excluding hydrogens is 278 g/mol. The maximum atomic E-state index is 12.2. The van der Waals surface area contributed by atoms with Gasteiger partial charge in [-0.15, -0.1) is 0 Å². The summed E-state index contributed by atoms with van der Waals surface area (Å²) in [5, 5.41) is 10.7. The van der Waals surface area contributed by atoms with Crippen LogP contribution in [-0.4, -0.2) is 28.1 Å². The fourth-order valence-electron chi connectivity index (χ4n) is 3.07. The lowest BCUT2D eigenvalue weighted by molar-refractivity contribution is -0.125. The lowest BCUT2D eigenvalue weighted by atomic mass is 9.92. The molecule has 3 rings (SSSR count). The summed E-state index contributed by atoms with van der Waals surface area (Å²) in [6.45, 7) is 8.54. The van der Waals surface area contributed by atoms with Crippen molar-refractivity contribution in [3.05, 3.63) is 35.1 Å². The summed E-state index contributed by atoms with van der Waals surface area (Å²) >= 11 is 0. The SMILES string of the molecule is CC(C)c1ccc2c(c1)C(N1CCCC1=O)=C(O)C(C)(C)O2. The molecule has 0 bridgehead atoms. The minimum absolute atomic E-state index is 0.0696. The fraction of sp³-hybridized carbons (Fsp3) is 0.500. The Kier molecular flexibility index (Phi) is 3.42.